The van der Waals surface area contributed by atoms with Crippen LogP contribution in [0.3, 0.4) is 0 Å². The van der Waals surface area contributed by atoms with E-state index in [1.54, 1.807) is 25.3 Å². The zero-order valence-electron chi connectivity index (χ0n) is 11.9. The molecule has 2 N–H and O–H groups in total. The highest BCUT2D eigenvalue weighted by Gasteiger charge is 2.16. The summed E-state index contributed by atoms with van der Waals surface area (Å²) in [5.41, 5.74) is 6.34. The second kappa shape index (κ2) is 7.03. The van der Waals surface area contributed by atoms with Crippen LogP contribution in [0.15, 0.2) is 18.2 Å². The number of ether oxygens (including phenoxy) is 2. The van der Waals surface area contributed by atoms with Gasteiger partial charge in [0.05, 0.1) is 12.8 Å². The first-order valence-electron chi connectivity index (χ1n) is 7.05. The maximum Gasteiger partial charge on any atom is 0.260 e. The number of carbonyl (C=O) groups excluding carboxylic acids is 1. The van der Waals surface area contributed by atoms with Crippen molar-refractivity contribution < 1.29 is 14.3 Å². The Morgan fingerprint density at radius 1 is 1.25 bits per heavy atom. The van der Waals surface area contributed by atoms with E-state index >= 15 is 0 Å². The molecule has 1 aromatic carbocycles. The summed E-state index contributed by atoms with van der Waals surface area (Å²) in [5.74, 6) is 1.18. The summed E-state index contributed by atoms with van der Waals surface area (Å²) in [6, 6.07) is 5.18. The molecular weight excluding hydrogens is 256 g/mol. The van der Waals surface area contributed by atoms with Crippen molar-refractivity contribution in [3.63, 3.8) is 0 Å². The van der Waals surface area contributed by atoms with E-state index < -0.39 is 0 Å². The average molecular weight is 278 g/mol. The first-order chi connectivity index (χ1) is 9.70. The second-order valence-corrected chi connectivity index (χ2v) is 4.99. The van der Waals surface area contributed by atoms with Crippen molar-refractivity contribution in [1.82, 2.24) is 4.90 Å². The number of carbonyl (C=O) groups is 1. The molecule has 0 atom stereocenters. The number of anilines is 1. The van der Waals surface area contributed by atoms with Gasteiger partial charge < -0.3 is 20.1 Å². The van der Waals surface area contributed by atoms with Gasteiger partial charge in [-0.2, -0.15) is 0 Å². The first kappa shape index (κ1) is 14.5. The Bertz CT molecular complexity index is 454. The van der Waals surface area contributed by atoms with Crippen molar-refractivity contribution >= 4 is 11.6 Å². The van der Waals surface area contributed by atoms with Crippen LogP contribution in [0.25, 0.3) is 0 Å². The average Bonchev–Trinajstić information content (AvgIpc) is 2.75. The largest absolute Gasteiger partial charge is 0.497 e. The lowest BCUT2D eigenvalue weighted by atomic mass is 10.2. The Morgan fingerprint density at radius 3 is 2.60 bits per heavy atom. The van der Waals surface area contributed by atoms with Crippen LogP contribution in [0, 0.1) is 0 Å². The molecule has 20 heavy (non-hydrogen) atoms. The Balaban J connectivity index is 1.92. The predicted octanol–water partition coefficient (Wildman–Crippen LogP) is 2.06. The van der Waals surface area contributed by atoms with E-state index in [9.17, 15) is 4.79 Å². The van der Waals surface area contributed by atoms with Gasteiger partial charge in [-0.05, 0) is 25.0 Å². The van der Waals surface area contributed by atoms with Crippen LogP contribution in [-0.4, -0.2) is 37.6 Å². The van der Waals surface area contributed by atoms with Gasteiger partial charge in [0.2, 0.25) is 0 Å². The maximum atomic E-state index is 12.1. The zero-order chi connectivity index (χ0) is 14.4. The Kier molecular flexibility index (Phi) is 5.09. The summed E-state index contributed by atoms with van der Waals surface area (Å²) in [7, 11) is 1.58. The van der Waals surface area contributed by atoms with Gasteiger partial charge in [0.25, 0.3) is 5.91 Å². The van der Waals surface area contributed by atoms with Gasteiger partial charge in [-0.15, -0.1) is 0 Å². The third kappa shape index (κ3) is 3.79. The number of benzene rings is 1. The molecule has 0 bridgehead atoms. The number of methoxy groups -OCH3 is 1. The molecule has 2 rings (SSSR count). The Labute approximate surface area is 119 Å². The van der Waals surface area contributed by atoms with Crippen molar-refractivity contribution in [1.29, 1.82) is 0 Å². The molecule has 1 fully saturated rings. The highest BCUT2D eigenvalue weighted by molar-refractivity contribution is 5.78. The molecule has 0 radical (unpaired) electrons. The molecular formula is C15H22N2O3. The normalized spacial score (nSPS) is 15.6. The van der Waals surface area contributed by atoms with Crippen LogP contribution in [0.4, 0.5) is 5.69 Å². The van der Waals surface area contributed by atoms with Crippen molar-refractivity contribution in [3.05, 3.63) is 18.2 Å². The van der Waals surface area contributed by atoms with Crippen LogP contribution in [-0.2, 0) is 4.79 Å². The van der Waals surface area contributed by atoms with E-state index in [-0.39, 0.29) is 12.5 Å². The quantitative estimate of drug-likeness (QED) is 0.856. The van der Waals surface area contributed by atoms with Crippen LogP contribution in [0.1, 0.15) is 25.7 Å². The molecule has 0 spiro atoms. The highest BCUT2D eigenvalue weighted by Crippen LogP contribution is 2.26. The Morgan fingerprint density at radius 2 is 1.95 bits per heavy atom. The van der Waals surface area contributed by atoms with Gasteiger partial charge in [-0.1, -0.05) is 12.8 Å². The number of nitrogens with zero attached hydrogens (tertiary/aromatic N) is 1. The Hall–Kier alpha value is -1.91. The summed E-state index contributed by atoms with van der Waals surface area (Å²) >= 11 is 0. The molecule has 110 valence electrons. The van der Waals surface area contributed by atoms with E-state index in [1.807, 2.05) is 4.90 Å². The van der Waals surface area contributed by atoms with Crippen molar-refractivity contribution in [2.75, 3.05) is 32.5 Å². The number of hydrogen-bond acceptors (Lipinski definition) is 4. The summed E-state index contributed by atoms with van der Waals surface area (Å²) in [5, 5.41) is 0. The fourth-order valence-electron chi connectivity index (χ4n) is 2.32. The minimum atomic E-state index is 0.0223. The lowest BCUT2D eigenvalue weighted by Crippen LogP contribution is -2.35. The molecule has 1 aliphatic rings. The monoisotopic (exact) mass is 278 g/mol. The van der Waals surface area contributed by atoms with Crippen LogP contribution in [0.2, 0.25) is 0 Å². The molecule has 1 aromatic rings. The smallest absolute Gasteiger partial charge is 0.260 e. The number of nitrogen functional groups attached to an aromatic ring is 1. The van der Waals surface area contributed by atoms with Gasteiger partial charge in [-0.3, -0.25) is 4.79 Å². The topological polar surface area (TPSA) is 64.8 Å². The van der Waals surface area contributed by atoms with Crippen molar-refractivity contribution in [2.24, 2.45) is 0 Å². The first-order valence-corrected chi connectivity index (χ1v) is 7.05. The number of hydrogen-bond donors (Lipinski definition) is 1. The van der Waals surface area contributed by atoms with E-state index in [0.29, 0.717) is 17.2 Å². The second-order valence-electron chi connectivity index (χ2n) is 4.99. The minimum absolute atomic E-state index is 0.0223. The van der Waals surface area contributed by atoms with Crippen LogP contribution in [0.5, 0.6) is 11.5 Å². The summed E-state index contributed by atoms with van der Waals surface area (Å²) in [6.07, 6.45) is 4.56. The number of nitrogens with two attached hydrogens (primary N) is 1. The number of amides is 1. The highest BCUT2D eigenvalue weighted by atomic mass is 16.5. The summed E-state index contributed by atoms with van der Waals surface area (Å²) < 4.78 is 10.7. The SMILES string of the molecule is COc1ccc(N)c(OCC(=O)N2CCCCCC2)c1. The lowest BCUT2D eigenvalue weighted by Gasteiger charge is -2.20. The van der Waals surface area contributed by atoms with Gasteiger partial charge in [0.1, 0.15) is 11.5 Å². The molecule has 1 heterocycles. The minimum Gasteiger partial charge on any atom is -0.497 e. The molecule has 0 aliphatic carbocycles. The number of likely N-dealkylation sites (tertiary alicyclic amines) is 1. The standard InChI is InChI=1S/C15H22N2O3/c1-19-12-6-7-13(16)14(10-12)20-11-15(18)17-8-4-2-3-5-9-17/h6-7,10H,2-5,8-9,11,16H2,1H3. The van der Waals surface area contributed by atoms with Crippen molar-refractivity contribution in [3.8, 4) is 11.5 Å². The molecule has 5 nitrogen and oxygen atoms in total. The molecule has 0 saturated carbocycles. The van der Waals surface area contributed by atoms with Gasteiger partial charge in [-0.25, -0.2) is 0 Å². The van der Waals surface area contributed by atoms with Gasteiger partial charge in [0.15, 0.2) is 6.61 Å². The van der Waals surface area contributed by atoms with E-state index in [2.05, 4.69) is 0 Å². The molecule has 1 saturated heterocycles. The summed E-state index contributed by atoms with van der Waals surface area (Å²) in [4.78, 5) is 14.0. The van der Waals surface area contributed by atoms with E-state index in [0.717, 1.165) is 25.9 Å². The molecule has 1 aliphatic heterocycles. The molecule has 0 unspecified atom stereocenters. The summed E-state index contributed by atoms with van der Waals surface area (Å²) in [6.45, 7) is 1.68. The predicted molar refractivity (Wildman–Crippen MR) is 77.9 cm³/mol. The van der Waals surface area contributed by atoms with E-state index in [1.165, 1.54) is 12.8 Å². The van der Waals surface area contributed by atoms with Gasteiger partial charge >= 0.3 is 0 Å². The number of rotatable bonds is 4. The fourth-order valence-corrected chi connectivity index (χ4v) is 2.32. The molecule has 0 aromatic heterocycles. The third-order valence-electron chi connectivity index (χ3n) is 3.53. The fraction of sp³-hybridized carbons (Fsp3) is 0.533. The third-order valence-corrected chi connectivity index (χ3v) is 3.53. The maximum absolute atomic E-state index is 12.1. The van der Waals surface area contributed by atoms with E-state index in [4.69, 9.17) is 15.2 Å². The van der Waals surface area contributed by atoms with Crippen molar-refractivity contribution in [2.45, 2.75) is 25.7 Å². The molecule has 5 heteroatoms. The zero-order valence-corrected chi connectivity index (χ0v) is 11.9. The lowest BCUT2D eigenvalue weighted by molar-refractivity contribution is -0.133. The van der Waals surface area contributed by atoms with Gasteiger partial charge in [0, 0.05) is 19.2 Å². The van der Waals surface area contributed by atoms with Crippen LogP contribution >= 0.6 is 0 Å². The van der Waals surface area contributed by atoms with Crippen LogP contribution < -0.4 is 15.2 Å². The molecule has 1 amide bonds.